The van der Waals surface area contributed by atoms with E-state index in [0.717, 1.165) is 22.1 Å². The van der Waals surface area contributed by atoms with Crippen molar-refractivity contribution in [3.8, 4) is 5.75 Å². The maximum Gasteiger partial charge on any atom is 0.310 e. The Morgan fingerprint density at radius 1 is 1.14 bits per heavy atom. The maximum absolute atomic E-state index is 11.7. The monoisotopic (exact) mass is 382 g/mol. The van der Waals surface area contributed by atoms with Crippen LogP contribution in [0.3, 0.4) is 0 Å². The molecule has 0 aliphatic carbocycles. The van der Waals surface area contributed by atoms with Crippen molar-refractivity contribution in [3.05, 3.63) is 64.9 Å². The standard InChI is InChI=1S/C21H20O5.C2H6/c1-3-24-20(23)11-16-6-4-5-7-19(16)25-13-15-8-14(2)21-17(9-15)10-18(12-22)26-21;1-2/h4-10,12H,3,11,13H2,1-2H3;1-2H3. The van der Waals surface area contributed by atoms with Crippen LogP contribution in [0.4, 0.5) is 0 Å². The average Bonchev–Trinajstić information content (AvgIpc) is 3.13. The van der Waals surface area contributed by atoms with Crippen molar-refractivity contribution in [2.24, 2.45) is 0 Å². The molecule has 5 nitrogen and oxygen atoms in total. The van der Waals surface area contributed by atoms with E-state index in [0.29, 0.717) is 36.6 Å². The molecule has 0 N–H and O–H groups in total. The molecule has 28 heavy (non-hydrogen) atoms. The van der Waals surface area contributed by atoms with Crippen molar-refractivity contribution in [3.63, 3.8) is 0 Å². The van der Waals surface area contributed by atoms with Crippen LogP contribution in [0.1, 0.15) is 48.0 Å². The van der Waals surface area contributed by atoms with E-state index in [4.69, 9.17) is 13.9 Å². The van der Waals surface area contributed by atoms with Gasteiger partial charge >= 0.3 is 5.97 Å². The van der Waals surface area contributed by atoms with Gasteiger partial charge in [-0.3, -0.25) is 9.59 Å². The number of rotatable bonds is 7. The van der Waals surface area contributed by atoms with Gasteiger partial charge in [-0.15, -0.1) is 0 Å². The summed E-state index contributed by atoms with van der Waals surface area (Å²) in [5, 5.41) is 0.866. The summed E-state index contributed by atoms with van der Waals surface area (Å²) >= 11 is 0. The van der Waals surface area contributed by atoms with E-state index in [1.54, 1.807) is 13.0 Å². The average molecular weight is 382 g/mol. The maximum atomic E-state index is 11.7. The summed E-state index contributed by atoms with van der Waals surface area (Å²) < 4.78 is 16.4. The number of para-hydroxylation sites is 1. The van der Waals surface area contributed by atoms with Crippen LogP contribution in [0.2, 0.25) is 0 Å². The Morgan fingerprint density at radius 2 is 1.89 bits per heavy atom. The lowest BCUT2D eigenvalue weighted by Crippen LogP contribution is -2.09. The Hall–Kier alpha value is -3.08. The van der Waals surface area contributed by atoms with Gasteiger partial charge in [-0.1, -0.05) is 32.0 Å². The zero-order chi connectivity index (χ0) is 20.5. The highest BCUT2D eigenvalue weighted by molar-refractivity contribution is 5.87. The van der Waals surface area contributed by atoms with E-state index in [9.17, 15) is 9.59 Å². The number of fused-ring (bicyclic) bond motifs is 1. The minimum Gasteiger partial charge on any atom is -0.489 e. The topological polar surface area (TPSA) is 65.7 Å². The number of furan rings is 1. The van der Waals surface area contributed by atoms with Gasteiger partial charge < -0.3 is 13.9 Å². The number of aryl methyl sites for hydroxylation is 1. The van der Waals surface area contributed by atoms with Gasteiger partial charge in [0, 0.05) is 10.9 Å². The molecule has 148 valence electrons. The molecular weight excluding hydrogens is 356 g/mol. The van der Waals surface area contributed by atoms with Crippen molar-refractivity contribution in [1.29, 1.82) is 0 Å². The van der Waals surface area contributed by atoms with E-state index >= 15 is 0 Å². The number of ether oxygens (including phenoxy) is 2. The van der Waals surface area contributed by atoms with Gasteiger partial charge in [-0.05, 0) is 49.2 Å². The Morgan fingerprint density at radius 3 is 2.61 bits per heavy atom. The van der Waals surface area contributed by atoms with Gasteiger partial charge in [0.15, 0.2) is 12.0 Å². The summed E-state index contributed by atoms with van der Waals surface area (Å²) in [6.45, 7) is 8.41. The fraction of sp³-hybridized carbons (Fsp3) is 0.304. The van der Waals surface area contributed by atoms with Gasteiger partial charge in [0.25, 0.3) is 0 Å². The van der Waals surface area contributed by atoms with Crippen molar-refractivity contribution in [1.82, 2.24) is 0 Å². The van der Waals surface area contributed by atoms with E-state index in [2.05, 4.69) is 0 Å². The lowest BCUT2D eigenvalue weighted by Gasteiger charge is -2.12. The Kier molecular flexibility index (Phi) is 7.81. The van der Waals surface area contributed by atoms with Crippen LogP contribution in [0.5, 0.6) is 5.75 Å². The summed E-state index contributed by atoms with van der Waals surface area (Å²) in [5.41, 5.74) is 3.39. The molecular formula is C23H26O5. The van der Waals surface area contributed by atoms with E-state index < -0.39 is 0 Å². The first-order valence-electron chi connectivity index (χ1n) is 9.45. The quantitative estimate of drug-likeness (QED) is 0.412. The summed E-state index contributed by atoms with van der Waals surface area (Å²) in [6.07, 6.45) is 0.869. The molecule has 0 amide bonds. The molecule has 3 aromatic rings. The predicted molar refractivity (Wildman–Crippen MR) is 109 cm³/mol. The SMILES string of the molecule is CC.CCOC(=O)Cc1ccccc1OCc1cc(C)c2oc(C=O)cc2c1. The largest absolute Gasteiger partial charge is 0.489 e. The van der Waals surface area contributed by atoms with Gasteiger partial charge in [0.05, 0.1) is 13.0 Å². The number of hydrogen-bond donors (Lipinski definition) is 0. The molecule has 0 saturated carbocycles. The third-order valence-electron chi connectivity index (χ3n) is 4.00. The van der Waals surface area contributed by atoms with Crippen LogP contribution in [-0.2, 0) is 22.6 Å². The molecule has 0 bridgehead atoms. The van der Waals surface area contributed by atoms with Crippen molar-refractivity contribution in [2.45, 2.75) is 40.7 Å². The summed E-state index contributed by atoms with van der Waals surface area (Å²) in [5.74, 6) is 0.681. The molecule has 0 unspecified atom stereocenters. The highest BCUT2D eigenvalue weighted by atomic mass is 16.5. The number of carbonyl (C=O) groups excluding carboxylic acids is 2. The third kappa shape index (κ3) is 5.22. The van der Waals surface area contributed by atoms with Crippen LogP contribution in [0.15, 0.2) is 46.9 Å². The fourth-order valence-electron chi connectivity index (χ4n) is 2.89. The fourth-order valence-corrected chi connectivity index (χ4v) is 2.89. The summed E-state index contributed by atoms with van der Waals surface area (Å²) in [4.78, 5) is 22.6. The van der Waals surface area contributed by atoms with Crippen LogP contribution in [-0.4, -0.2) is 18.9 Å². The highest BCUT2D eigenvalue weighted by Gasteiger charge is 2.11. The Balaban J connectivity index is 0.00000136. The highest BCUT2D eigenvalue weighted by Crippen LogP contribution is 2.26. The molecule has 0 spiro atoms. The lowest BCUT2D eigenvalue weighted by molar-refractivity contribution is -0.142. The predicted octanol–water partition coefficient (Wildman–Crippen LogP) is 5.26. The molecule has 0 aliphatic heterocycles. The molecule has 0 aliphatic rings. The van der Waals surface area contributed by atoms with Crippen LogP contribution in [0, 0.1) is 6.92 Å². The zero-order valence-corrected chi connectivity index (χ0v) is 16.8. The van der Waals surface area contributed by atoms with Crippen LogP contribution >= 0.6 is 0 Å². The first-order valence-corrected chi connectivity index (χ1v) is 9.45. The van der Waals surface area contributed by atoms with Gasteiger partial charge in [0.2, 0.25) is 0 Å². The van der Waals surface area contributed by atoms with E-state index in [-0.39, 0.29) is 12.4 Å². The second-order valence-electron chi connectivity index (χ2n) is 5.98. The minimum atomic E-state index is -0.277. The second-order valence-corrected chi connectivity index (χ2v) is 5.98. The first-order chi connectivity index (χ1) is 13.6. The third-order valence-corrected chi connectivity index (χ3v) is 4.00. The van der Waals surface area contributed by atoms with Crippen molar-refractivity contribution < 1.29 is 23.5 Å². The van der Waals surface area contributed by atoms with E-state index in [1.165, 1.54) is 0 Å². The van der Waals surface area contributed by atoms with Crippen LogP contribution < -0.4 is 4.74 Å². The van der Waals surface area contributed by atoms with Gasteiger partial charge in [0.1, 0.15) is 17.9 Å². The number of benzene rings is 2. The minimum absolute atomic E-state index is 0.173. The summed E-state index contributed by atoms with van der Waals surface area (Å²) in [7, 11) is 0. The van der Waals surface area contributed by atoms with E-state index in [1.807, 2.05) is 57.2 Å². The molecule has 5 heteroatoms. The Labute approximate surface area is 165 Å². The van der Waals surface area contributed by atoms with Crippen molar-refractivity contribution >= 4 is 23.2 Å². The Bertz CT molecular complexity index is 939. The molecule has 3 rings (SSSR count). The number of esters is 1. The normalized spacial score (nSPS) is 10.1. The van der Waals surface area contributed by atoms with Gasteiger partial charge in [-0.2, -0.15) is 0 Å². The molecule has 0 fully saturated rings. The molecule has 0 atom stereocenters. The zero-order valence-electron chi connectivity index (χ0n) is 16.8. The number of hydrogen-bond acceptors (Lipinski definition) is 5. The smallest absolute Gasteiger partial charge is 0.310 e. The van der Waals surface area contributed by atoms with Crippen molar-refractivity contribution in [2.75, 3.05) is 6.61 Å². The molecule has 1 aromatic heterocycles. The molecule has 2 aromatic carbocycles. The first kappa shape index (κ1) is 21.2. The number of aldehydes is 1. The molecule has 0 saturated heterocycles. The molecule has 1 heterocycles. The summed E-state index contributed by atoms with van der Waals surface area (Å²) in [6, 6.07) is 13.0. The van der Waals surface area contributed by atoms with Crippen LogP contribution in [0.25, 0.3) is 11.0 Å². The molecule has 0 radical (unpaired) electrons. The van der Waals surface area contributed by atoms with Gasteiger partial charge in [-0.25, -0.2) is 0 Å². The number of carbonyl (C=O) groups is 2. The second kappa shape index (κ2) is 10.3. The lowest BCUT2D eigenvalue weighted by atomic mass is 10.1.